The van der Waals surface area contributed by atoms with Crippen molar-refractivity contribution in [1.82, 2.24) is 5.32 Å². The summed E-state index contributed by atoms with van der Waals surface area (Å²) in [5.41, 5.74) is 0.590. The van der Waals surface area contributed by atoms with E-state index in [0.717, 1.165) is 6.34 Å². The topological polar surface area (TPSA) is 54.6 Å². The monoisotopic (exact) mass is 113 g/mol. The molecule has 0 bridgehead atoms. The van der Waals surface area contributed by atoms with Gasteiger partial charge in [-0.25, -0.2) is 0 Å². The molecule has 0 saturated heterocycles. The van der Waals surface area contributed by atoms with Crippen LogP contribution in [0.15, 0.2) is 11.8 Å². The Kier molecular flexibility index (Phi) is 3.88. The molecule has 46 valence electrons. The highest BCUT2D eigenvalue weighted by atomic mass is 16.3. The van der Waals surface area contributed by atoms with Crippen LogP contribution in [0.3, 0.4) is 0 Å². The van der Waals surface area contributed by atoms with Gasteiger partial charge in [0.15, 0.2) is 0 Å². The van der Waals surface area contributed by atoms with Crippen LogP contribution in [0.5, 0.6) is 0 Å². The SMILES string of the molecule is C/C=C(/CO)NC=[N-]. The van der Waals surface area contributed by atoms with E-state index < -0.39 is 0 Å². The van der Waals surface area contributed by atoms with Crippen LogP contribution in [0.25, 0.3) is 5.41 Å². The third kappa shape index (κ3) is 2.36. The number of aliphatic hydroxyl groups is 1. The van der Waals surface area contributed by atoms with Crippen LogP contribution < -0.4 is 5.32 Å². The largest absolute Gasteiger partial charge is 0.472 e. The molecule has 0 heterocycles. The van der Waals surface area contributed by atoms with Gasteiger partial charge in [-0.15, -0.1) is 6.34 Å². The Labute approximate surface area is 48.5 Å². The van der Waals surface area contributed by atoms with Crippen LogP contribution in [0.4, 0.5) is 0 Å². The van der Waals surface area contributed by atoms with E-state index >= 15 is 0 Å². The maximum absolute atomic E-state index is 8.40. The third-order valence-corrected chi connectivity index (χ3v) is 0.769. The van der Waals surface area contributed by atoms with Gasteiger partial charge in [-0.2, -0.15) is 0 Å². The van der Waals surface area contributed by atoms with Gasteiger partial charge in [0.1, 0.15) is 0 Å². The van der Waals surface area contributed by atoms with Crippen molar-refractivity contribution in [2.24, 2.45) is 0 Å². The highest BCUT2D eigenvalue weighted by molar-refractivity contribution is 5.60. The zero-order valence-corrected chi connectivity index (χ0v) is 4.76. The van der Waals surface area contributed by atoms with Gasteiger partial charge in [0.25, 0.3) is 0 Å². The van der Waals surface area contributed by atoms with Gasteiger partial charge in [-0.3, -0.25) is 0 Å². The van der Waals surface area contributed by atoms with Crippen LogP contribution in [0.2, 0.25) is 0 Å². The molecule has 0 fully saturated rings. The van der Waals surface area contributed by atoms with E-state index in [-0.39, 0.29) is 6.61 Å². The van der Waals surface area contributed by atoms with E-state index in [0.29, 0.717) is 5.70 Å². The Hall–Kier alpha value is -0.830. The second-order valence-electron chi connectivity index (χ2n) is 1.25. The maximum Gasteiger partial charge on any atom is 0.0639 e. The molecule has 2 N–H and O–H groups in total. The minimum atomic E-state index is -0.0758. The molecule has 0 saturated carbocycles. The van der Waals surface area contributed by atoms with Crippen LogP contribution in [-0.4, -0.2) is 18.1 Å². The molecule has 0 aromatic heterocycles. The molecule has 0 rings (SSSR count). The average molecular weight is 113 g/mol. The van der Waals surface area contributed by atoms with Crippen molar-refractivity contribution in [3.8, 4) is 0 Å². The highest BCUT2D eigenvalue weighted by Crippen LogP contribution is 1.81. The van der Waals surface area contributed by atoms with Gasteiger partial charge >= 0.3 is 0 Å². The Bertz CT molecular complexity index is 98.6. The summed E-state index contributed by atoms with van der Waals surface area (Å²) in [5.74, 6) is 0. The van der Waals surface area contributed by atoms with Crippen molar-refractivity contribution in [1.29, 1.82) is 0 Å². The number of rotatable bonds is 3. The van der Waals surface area contributed by atoms with Crippen molar-refractivity contribution < 1.29 is 5.11 Å². The minimum absolute atomic E-state index is 0.0758. The molecule has 3 nitrogen and oxygen atoms in total. The summed E-state index contributed by atoms with van der Waals surface area (Å²) in [7, 11) is 0. The number of nitrogens with zero attached hydrogens (tertiary/aromatic N) is 1. The van der Waals surface area contributed by atoms with Gasteiger partial charge in [0.2, 0.25) is 0 Å². The Morgan fingerprint density at radius 1 is 1.88 bits per heavy atom. The molecule has 0 aliphatic carbocycles. The number of nitrogens with one attached hydrogen (secondary N) is 1. The first-order valence-corrected chi connectivity index (χ1v) is 2.33. The molecule has 0 aliphatic heterocycles. The Balaban J connectivity index is 3.53. The zero-order chi connectivity index (χ0) is 6.41. The molecule has 0 radical (unpaired) electrons. The van der Waals surface area contributed by atoms with E-state index in [9.17, 15) is 0 Å². The lowest BCUT2D eigenvalue weighted by Crippen LogP contribution is -2.11. The van der Waals surface area contributed by atoms with Crippen molar-refractivity contribution in [3.63, 3.8) is 0 Å². The molecule has 0 spiro atoms. The predicted octanol–water partition coefficient (Wildman–Crippen LogP) is 0.0698. The summed E-state index contributed by atoms with van der Waals surface area (Å²) in [5, 5.41) is 18.9. The lowest BCUT2D eigenvalue weighted by Gasteiger charge is -2.06. The normalized spacial score (nSPS) is 11.0. The number of hydrogen-bond donors (Lipinski definition) is 2. The van der Waals surface area contributed by atoms with Crippen LogP contribution >= 0.6 is 0 Å². The summed E-state index contributed by atoms with van der Waals surface area (Å²) in [6, 6.07) is 0. The van der Waals surface area contributed by atoms with Crippen molar-refractivity contribution >= 4 is 6.34 Å². The quantitative estimate of drug-likeness (QED) is 0.402. The molecule has 0 amide bonds. The second kappa shape index (κ2) is 4.33. The predicted molar refractivity (Wildman–Crippen MR) is 33.4 cm³/mol. The number of allylic oxidation sites excluding steroid dienone is 1. The van der Waals surface area contributed by atoms with Crippen LogP contribution in [-0.2, 0) is 0 Å². The van der Waals surface area contributed by atoms with E-state index in [1.807, 2.05) is 0 Å². The molecular weight excluding hydrogens is 104 g/mol. The van der Waals surface area contributed by atoms with Crippen LogP contribution in [0, 0.1) is 0 Å². The first kappa shape index (κ1) is 7.17. The van der Waals surface area contributed by atoms with E-state index in [4.69, 9.17) is 10.5 Å². The molecule has 0 aliphatic rings. The fraction of sp³-hybridized carbons (Fsp3) is 0.400. The smallest absolute Gasteiger partial charge is 0.0639 e. The van der Waals surface area contributed by atoms with E-state index in [2.05, 4.69) is 5.32 Å². The molecule has 0 unspecified atom stereocenters. The molecule has 0 aromatic carbocycles. The fourth-order valence-electron chi connectivity index (χ4n) is 0.303. The molecule has 8 heavy (non-hydrogen) atoms. The second-order valence-corrected chi connectivity index (χ2v) is 1.25. The van der Waals surface area contributed by atoms with Gasteiger partial charge in [0.05, 0.1) is 6.61 Å². The first-order chi connectivity index (χ1) is 3.85. The minimum Gasteiger partial charge on any atom is -0.472 e. The van der Waals surface area contributed by atoms with Crippen molar-refractivity contribution in [2.45, 2.75) is 6.92 Å². The van der Waals surface area contributed by atoms with Crippen LogP contribution in [0.1, 0.15) is 6.92 Å². The van der Waals surface area contributed by atoms with E-state index in [1.165, 1.54) is 0 Å². The molecule has 3 heteroatoms. The Morgan fingerprint density at radius 2 is 2.50 bits per heavy atom. The summed E-state index contributed by atoms with van der Waals surface area (Å²) in [6.45, 7) is 1.69. The fourth-order valence-corrected chi connectivity index (χ4v) is 0.303. The first-order valence-electron chi connectivity index (χ1n) is 2.33. The highest BCUT2D eigenvalue weighted by Gasteiger charge is 1.77. The standard InChI is InChI=1S/C5H9N2O/c1-2-5(3-8)7-4-6/h2,4,8H,3H2,1H3,(H-,6,7)/q-1/b5-2-. The maximum atomic E-state index is 8.40. The van der Waals surface area contributed by atoms with E-state index in [1.54, 1.807) is 13.0 Å². The van der Waals surface area contributed by atoms with Crippen molar-refractivity contribution in [3.05, 3.63) is 17.2 Å². The van der Waals surface area contributed by atoms with Gasteiger partial charge in [-0.05, 0) is 12.6 Å². The summed E-state index contributed by atoms with van der Waals surface area (Å²) < 4.78 is 0. The average Bonchev–Trinajstić information content (AvgIpc) is 1.83. The number of hydrogen-bond acceptors (Lipinski definition) is 1. The van der Waals surface area contributed by atoms with Gasteiger partial charge in [-0.1, -0.05) is 6.08 Å². The summed E-state index contributed by atoms with van der Waals surface area (Å²) in [6.07, 6.45) is 2.46. The van der Waals surface area contributed by atoms with Gasteiger partial charge < -0.3 is 15.8 Å². The van der Waals surface area contributed by atoms with Crippen molar-refractivity contribution in [2.75, 3.05) is 6.61 Å². The summed E-state index contributed by atoms with van der Waals surface area (Å²) >= 11 is 0. The third-order valence-electron chi connectivity index (χ3n) is 0.769. The lowest BCUT2D eigenvalue weighted by atomic mass is 10.4. The molecule has 0 aromatic rings. The molecular formula is C5H9N2O-. The zero-order valence-electron chi connectivity index (χ0n) is 4.76. The molecule has 0 atom stereocenters. The summed E-state index contributed by atoms with van der Waals surface area (Å²) in [4.78, 5) is 0. The Morgan fingerprint density at radius 3 is 2.62 bits per heavy atom. The lowest BCUT2D eigenvalue weighted by molar-refractivity contribution is 0.326. The van der Waals surface area contributed by atoms with Gasteiger partial charge in [0, 0.05) is 0 Å². The number of aliphatic hydroxyl groups excluding tert-OH is 1.